The molecule has 3 aromatic carbocycles. The highest BCUT2D eigenvalue weighted by Gasteiger charge is 2.30. The summed E-state index contributed by atoms with van der Waals surface area (Å²) in [4.78, 5) is 12.9. The smallest absolute Gasteiger partial charge is 0.247 e. The molecule has 1 amide bonds. The van der Waals surface area contributed by atoms with Crippen LogP contribution in [0.15, 0.2) is 72.8 Å². The Balaban J connectivity index is 1.94. The fraction of sp³-hybridized carbons (Fsp3) is 0.150. The van der Waals surface area contributed by atoms with Crippen molar-refractivity contribution in [2.75, 3.05) is 18.6 Å². The van der Waals surface area contributed by atoms with Crippen LogP contribution in [0.1, 0.15) is 11.6 Å². The third-order valence-electron chi connectivity index (χ3n) is 4.27. The fourth-order valence-electron chi connectivity index (χ4n) is 2.83. The number of anilines is 1. The molecule has 0 radical (unpaired) electrons. The Bertz CT molecular complexity index is 1030. The zero-order valence-electron chi connectivity index (χ0n) is 14.6. The predicted octanol–water partition coefficient (Wildman–Crippen LogP) is 3.41. The van der Waals surface area contributed by atoms with Crippen LogP contribution in [0.4, 0.5) is 5.69 Å². The SMILES string of the molecule is CN([C@@H](C(=O)Nc1ccc2ccccc2c1)c1ccccc1)S(C)(=O)=O. The Morgan fingerprint density at radius 2 is 1.54 bits per heavy atom. The van der Waals surface area contributed by atoms with Crippen molar-refractivity contribution in [2.24, 2.45) is 0 Å². The van der Waals surface area contributed by atoms with Crippen molar-refractivity contribution in [1.29, 1.82) is 0 Å². The van der Waals surface area contributed by atoms with Gasteiger partial charge in [0.25, 0.3) is 0 Å². The lowest BCUT2D eigenvalue weighted by molar-refractivity contribution is -0.119. The van der Waals surface area contributed by atoms with Gasteiger partial charge in [-0.2, -0.15) is 4.31 Å². The first-order chi connectivity index (χ1) is 12.4. The van der Waals surface area contributed by atoms with Crippen molar-refractivity contribution in [1.82, 2.24) is 4.31 Å². The van der Waals surface area contributed by atoms with Crippen LogP contribution in [0.2, 0.25) is 0 Å². The molecule has 134 valence electrons. The second kappa shape index (κ2) is 7.27. The lowest BCUT2D eigenvalue weighted by Gasteiger charge is -2.25. The summed E-state index contributed by atoms with van der Waals surface area (Å²) in [6.45, 7) is 0. The normalized spacial score (nSPS) is 12.9. The van der Waals surface area contributed by atoms with Gasteiger partial charge in [0.05, 0.1) is 6.26 Å². The molecule has 0 heterocycles. The van der Waals surface area contributed by atoms with Crippen molar-refractivity contribution in [3.63, 3.8) is 0 Å². The van der Waals surface area contributed by atoms with Gasteiger partial charge in [-0.15, -0.1) is 0 Å². The zero-order valence-corrected chi connectivity index (χ0v) is 15.4. The summed E-state index contributed by atoms with van der Waals surface area (Å²) in [7, 11) is -2.14. The van der Waals surface area contributed by atoms with E-state index in [9.17, 15) is 13.2 Å². The van der Waals surface area contributed by atoms with Crippen molar-refractivity contribution >= 4 is 32.4 Å². The third kappa shape index (κ3) is 3.92. The van der Waals surface area contributed by atoms with Crippen molar-refractivity contribution in [2.45, 2.75) is 6.04 Å². The zero-order chi connectivity index (χ0) is 18.7. The van der Waals surface area contributed by atoms with Crippen molar-refractivity contribution in [3.8, 4) is 0 Å². The Kier molecular flexibility index (Phi) is 5.06. The summed E-state index contributed by atoms with van der Waals surface area (Å²) in [5.74, 6) is -0.403. The van der Waals surface area contributed by atoms with E-state index in [1.807, 2.05) is 48.5 Å². The van der Waals surface area contributed by atoms with Crippen LogP contribution in [-0.2, 0) is 14.8 Å². The van der Waals surface area contributed by atoms with Gasteiger partial charge in [0.15, 0.2) is 0 Å². The minimum Gasteiger partial charge on any atom is -0.324 e. The average molecular weight is 368 g/mol. The van der Waals surface area contributed by atoms with Gasteiger partial charge in [-0.1, -0.05) is 60.7 Å². The van der Waals surface area contributed by atoms with Crippen LogP contribution < -0.4 is 5.32 Å². The number of nitrogens with one attached hydrogen (secondary N) is 1. The number of amides is 1. The largest absolute Gasteiger partial charge is 0.324 e. The summed E-state index contributed by atoms with van der Waals surface area (Å²) in [6, 6.07) is 21.3. The summed E-state index contributed by atoms with van der Waals surface area (Å²) < 4.78 is 25.1. The first kappa shape index (κ1) is 18.1. The highest BCUT2D eigenvalue weighted by Crippen LogP contribution is 2.25. The Labute approximate surface area is 153 Å². The molecule has 1 N–H and O–H groups in total. The van der Waals surface area contributed by atoms with Crippen LogP contribution in [0.5, 0.6) is 0 Å². The second-order valence-electron chi connectivity index (χ2n) is 6.14. The van der Waals surface area contributed by atoms with E-state index < -0.39 is 22.0 Å². The molecule has 1 atom stereocenters. The number of hydrogen-bond donors (Lipinski definition) is 1. The first-order valence-corrected chi connectivity index (χ1v) is 9.99. The molecule has 6 heteroatoms. The van der Waals surface area contributed by atoms with Crippen LogP contribution in [0.25, 0.3) is 10.8 Å². The average Bonchev–Trinajstić information content (AvgIpc) is 2.62. The Morgan fingerprint density at radius 3 is 2.19 bits per heavy atom. The number of carbonyl (C=O) groups is 1. The van der Waals surface area contributed by atoms with E-state index in [2.05, 4.69) is 5.32 Å². The summed E-state index contributed by atoms with van der Waals surface area (Å²) in [6.07, 6.45) is 1.09. The quantitative estimate of drug-likeness (QED) is 0.750. The van der Waals surface area contributed by atoms with Gasteiger partial charge in [0, 0.05) is 12.7 Å². The van der Waals surface area contributed by atoms with Crippen molar-refractivity contribution in [3.05, 3.63) is 78.4 Å². The Hall–Kier alpha value is -2.70. The molecular formula is C20H20N2O3S. The predicted molar refractivity (Wildman–Crippen MR) is 104 cm³/mol. The highest BCUT2D eigenvalue weighted by molar-refractivity contribution is 7.88. The molecule has 3 rings (SSSR count). The van der Waals surface area contributed by atoms with Crippen LogP contribution >= 0.6 is 0 Å². The van der Waals surface area contributed by atoms with E-state index in [1.54, 1.807) is 24.3 Å². The van der Waals surface area contributed by atoms with Crippen LogP contribution in [0, 0.1) is 0 Å². The number of fused-ring (bicyclic) bond motifs is 1. The maximum absolute atomic E-state index is 12.9. The molecule has 0 spiro atoms. The topological polar surface area (TPSA) is 66.5 Å². The Morgan fingerprint density at radius 1 is 0.923 bits per heavy atom. The third-order valence-corrected chi connectivity index (χ3v) is 5.52. The molecule has 0 fully saturated rings. The van der Waals surface area contributed by atoms with Gasteiger partial charge in [0.1, 0.15) is 6.04 Å². The molecule has 0 aliphatic rings. The standard InChI is InChI=1S/C20H20N2O3S/c1-22(26(2,24)25)19(16-9-4-3-5-10-16)20(23)21-18-13-12-15-8-6-7-11-17(15)14-18/h3-14,19H,1-2H3,(H,21,23)/t19-/m1/s1. The van der Waals surface area contributed by atoms with Gasteiger partial charge in [-0.05, 0) is 28.5 Å². The number of nitrogens with zero attached hydrogens (tertiary/aromatic N) is 1. The van der Waals surface area contributed by atoms with Gasteiger partial charge < -0.3 is 5.32 Å². The van der Waals surface area contributed by atoms with E-state index in [-0.39, 0.29) is 0 Å². The molecule has 0 aliphatic heterocycles. The molecule has 0 aromatic heterocycles. The summed E-state index contributed by atoms with van der Waals surface area (Å²) in [5, 5.41) is 4.91. The van der Waals surface area contributed by atoms with E-state index in [1.165, 1.54) is 7.05 Å². The first-order valence-electron chi connectivity index (χ1n) is 8.14. The lowest BCUT2D eigenvalue weighted by atomic mass is 10.1. The van der Waals surface area contributed by atoms with E-state index in [0.29, 0.717) is 11.3 Å². The van der Waals surface area contributed by atoms with Gasteiger partial charge in [0.2, 0.25) is 15.9 Å². The van der Waals surface area contributed by atoms with Crippen LogP contribution in [-0.4, -0.2) is 31.9 Å². The van der Waals surface area contributed by atoms with Crippen molar-refractivity contribution < 1.29 is 13.2 Å². The molecular weight excluding hydrogens is 348 g/mol. The minimum absolute atomic E-state index is 0.403. The number of carbonyl (C=O) groups excluding carboxylic acids is 1. The molecule has 0 aliphatic carbocycles. The number of hydrogen-bond acceptors (Lipinski definition) is 3. The summed E-state index contributed by atoms with van der Waals surface area (Å²) in [5.41, 5.74) is 1.23. The number of sulfonamides is 1. The minimum atomic E-state index is -3.55. The van der Waals surface area contributed by atoms with Gasteiger partial charge in [-0.25, -0.2) is 8.42 Å². The molecule has 0 unspecified atom stereocenters. The van der Waals surface area contributed by atoms with Gasteiger partial charge >= 0.3 is 0 Å². The van der Waals surface area contributed by atoms with E-state index in [0.717, 1.165) is 21.3 Å². The second-order valence-corrected chi connectivity index (χ2v) is 8.19. The van der Waals surface area contributed by atoms with E-state index >= 15 is 0 Å². The maximum Gasteiger partial charge on any atom is 0.247 e. The summed E-state index contributed by atoms with van der Waals surface area (Å²) >= 11 is 0. The number of benzene rings is 3. The number of rotatable bonds is 5. The molecule has 0 saturated heterocycles. The fourth-order valence-corrected chi connectivity index (χ4v) is 3.43. The molecule has 5 nitrogen and oxygen atoms in total. The lowest BCUT2D eigenvalue weighted by Crippen LogP contribution is -2.38. The monoisotopic (exact) mass is 368 g/mol. The van der Waals surface area contributed by atoms with E-state index in [4.69, 9.17) is 0 Å². The molecule has 0 saturated carbocycles. The molecule has 0 bridgehead atoms. The molecule has 26 heavy (non-hydrogen) atoms. The maximum atomic E-state index is 12.9. The molecule has 3 aromatic rings. The highest BCUT2D eigenvalue weighted by atomic mass is 32.2. The van der Waals surface area contributed by atoms with Crippen LogP contribution in [0.3, 0.4) is 0 Å². The van der Waals surface area contributed by atoms with Gasteiger partial charge in [-0.3, -0.25) is 4.79 Å². The number of likely N-dealkylation sites (N-methyl/N-ethyl adjacent to an activating group) is 1.